The van der Waals surface area contributed by atoms with E-state index in [1.54, 1.807) is 18.2 Å². The zero-order valence-corrected chi connectivity index (χ0v) is 16.2. The van der Waals surface area contributed by atoms with Crippen LogP contribution in [0.3, 0.4) is 0 Å². The van der Waals surface area contributed by atoms with Crippen LogP contribution in [-0.2, 0) is 5.41 Å². The smallest absolute Gasteiger partial charge is 0.508 e. The van der Waals surface area contributed by atoms with Crippen LogP contribution in [0.1, 0.15) is 22.3 Å². The molecular formula is C26H17F3O2. The average molecular weight is 418 g/mol. The Morgan fingerprint density at radius 2 is 1.23 bits per heavy atom. The van der Waals surface area contributed by atoms with Gasteiger partial charge in [-0.05, 0) is 57.6 Å². The fraction of sp³-hybridized carbons (Fsp3) is 0.0769. The second-order valence-electron chi connectivity index (χ2n) is 7.46. The quantitative estimate of drug-likeness (QED) is 0.355. The molecule has 4 aromatic rings. The zero-order valence-electron chi connectivity index (χ0n) is 16.2. The third kappa shape index (κ3) is 3.05. The molecule has 0 fully saturated rings. The molecule has 5 heteroatoms. The molecule has 1 N–H and O–H groups in total. The van der Waals surface area contributed by atoms with Gasteiger partial charge in [0.2, 0.25) is 0 Å². The minimum absolute atomic E-state index is 0.118. The van der Waals surface area contributed by atoms with Gasteiger partial charge in [0.1, 0.15) is 11.5 Å². The van der Waals surface area contributed by atoms with E-state index < -0.39 is 11.8 Å². The number of benzene rings is 4. The highest BCUT2D eigenvalue weighted by Crippen LogP contribution is 2.56. The first kappa shape index (κ1) is 19.2. The van der Waals surface area contributed by atoms with Gasteiger partial charge < -0.3 is 9.84 Å². The van der Waals surface area contributed by atoms with E-state index in [0.29, 0.717) is 5.56 Å². The number of hydrogen-bond donors (Lipinski definition) is 1. The number of halogens is 3. The summed E-state index contributed by atoms with van der Waals surface area (Å²) in [7, 11) is 0. The van der Waals surface area contributed by atoms with Crippen molar-refractivity contribution in [3.05, 3.63) is 119 Å². The molecule has 0 aromatic heterocycles. The van der Waals surface area contributed by atoms with E-state index in [0.717, 1.165) is 27.8 Å². The Hall–Kier alpha value is -3.73. The first-order valence-electron chi connectivity index (χ1n) is 9.75. The van der Waals surface area contributed by atoms with Crippen molar-refractivity contribution in [3.63, 3.8) is 0 Å². The average Bonchev–Trinajstić information content (AvgIpc) is 3.05. The highest BCUT2D eigenvalue weighted by atomic mass is 19.4. The van der Waals surface area contributed by atoms with Gasteiger partial charge in [0.05, 0.1) is 5.41 Å². The minimum atomic E-state index is -4.78. The van der Waals surface area contributed by atoms with E-state index >= 15 is 0 Å². The molecule has 0 bridgehead atoms. The number of phenols is 1. The number of ether oxygens (including phenoxy) is 1. The molecule has 0 unspecified atom stereocenters. The van der Waals surface area contributed by atoms with Crippen molar-refractivity contribution in [2.75, 3.05) is 0 Å². The summed E-state index contributed by atoms with van der Waals surface area (Å²) in [4.78, 5) is 0. The van der Waals surface area contributed by atoms with Gasteiger partial charge >= 0.3 is 6.36 Å². The predicted molar refractivity (Wildman–Crippen MR) is 112 cm³/mol. The summed E-state index contributed by atoms with van der Waals surface area (Å²) in [5.74, 6) is -0.155. The Kier molecular flexibility index (Phi) is 4.29. The maximum Gasteiger partial charge on any atom is 0.573 e. The molecule has 5 rings (SSSR count). The van der Waals surface area contributed by atoms with Crippen molar-refractivity contribution in [1.82, 2.24) is 0 Å². The molecule has 0 saturated heterocycles. The monoisotopic (exact) mass is 418 g/mol. The summed E-state index contributed by atoms with van der Waals surface area (Å²) < 4.78 is 43.1. The number of hydrogen-bond acceptors (Lipinski definition) is 2. The van der Waals surface area contributed by atoms with Crippen LogP contribution in [-0.4, -0.2) is 11.5 Å². The fourth-order valence-electron chi connectivity index (χ4n) is 4.66. The largest absolute Gasteiger partial charge is 0.573 e. The van der Waals surface area contributed by atoms with E-state index in [-0.39, 0.29) is 11.5 Å². The summed E-state index contributed by atoms with van der Waals surface area (Å²) in [6, 6.07) is 28.7. The second kappa shape index (κ2) is 6.91. The van der Waals surface area contributed by atoms with Crippen LogP contribution in [0.2, 0.25) is 0 Å². The van der Waals surface area contributed by atoms with Crippen molar-refractivity contribution < 1.29 is 23.0 Å². The molecule has 4 aromatic carbocycles. The van der Waals surface area contributed by atoms with Crippen molar-refractivity contribution in [2.24, 2.45) is 0 Å². The van der Waals surface area contributed by atoms with E-state index in [9.17, 15) is 18.3 Å². The fourth-order valence-corrected chi connectivity index (χ4v) is 4.66. The second-order valence-corrected chi connectivity index (χ2v) is 7.46. The lowest BCUT2D eigenvalue weighted by atomic mass is 9.67. The molecule has 31 heavy (non-hydrogen) atoms. The molecule has 0 amide bonds. The van der Waals surface area contributed by atoms with Gasteiger partial charge in [0.15, 0.2) is 0 Å². The predicted octanol–water partition coefficient (Wildman–Crippen LogP) is 6.65. The molecule has 0 heterocycles. The summed E-state index contributed by atoms with van der Waals surface area (Å²) in [6.45, 7) is 0. The third-order valence-electron chi connectivity index (χ3n) is 5.75. The summed E-state index contributed by atoms with van der Waals surface area (Å²) in [5.41, 5.74) is 4.61. The van der Waals surface area contributed by atoms with Crippen molar-refractivity contribution >= 4 is 0 Å². The number of aromatic hydroxyl groups is 1. The zero-order chi connectivity index (χ0) is 21.6. The minimum Gasteiger partial charge on any atom is -0.508 e. The Morgan fingerprint density at radius 1 is 0.645 bits per heavy atom. The number of phenolic OH excluding ortho intramolecular Hbond substituents is 1. The molecular weight excluding hydrogens is 401 g/mol. The van der Waals surface area contributed by atoms with Gasteiger partial charge in [0, 0.05) is 0 Å². The SMILES string of the molecule is Oc1ccc(C2(c3cccc(OC(F)(F)F)c3)c3ccccc3-c3ccccc32)cc1. The van der Waals surface area contributed by atoms with E-state index in [4.69, 9.17) is 0 Å². The number of alkyl halides is 3. The van der Waals surface area contributed by atoms with Crippen molar-refractivity contribution in [3.8, 4) is 22.6 Å². The van der Waals surface area contributed by atoms with Crippen LogP contribution in [0.5, 0.6) is 11.5 Å². The molecule has 1 aliphatic carbocycles. The Morgan fingerprint density at radius 3 is 1.81 bits per heavy atom. The van der Waals surface area contributed by atoms with Crippen molar-refractivity contribution in [1.29, 1.82) is 0 Å². The Balaban J connectivity index is 1.86. The van der Waals surface area contributed by atoms with Gasteiger partial charge in [-0.3, -0.25) is 0 Å². The molecule has 0 aliphatic heterocycles. The lowest BCUT2D eigenvalue weighted by Gasteiger charge is -2.34. The molecule has 2 nitrogen and oxygen atoms in total. The molecule has 0 spiro atoms. The third-order valence-corrected chi connectivity index (χ3v) is 5.75. The number of fused-ring (bicyclic) bond motifs is 3. The summed E-state index contributed by atoms with van der Waals surface area (Å²) in [5, 5.41) is 9.87. The topological polar surface area (TPSA) is 29.5 Å². The molecule has 1 aliphatic rings. The molecule has 154 valence electrons. The summed E-state index contributed by atoms with van der Waals surface area (Å²) in [6.07, 6.45) is -4.78. The van der Waals surface area contributed by atoms with E-state index in [1.165, 1.54) is 12.1 Å². The van der Waals surface area contributed by atoms with Crippen LogP contribution in [0.25, 0.3) is 11.1 Å². The van der Waals surface area contributed by atoms with E-state index in [1.807, 2.05) is 66.7 Å². The normalized spacial score (nSPS) is 14.0. The first-order chi connectivity index (χ1) is 14.9. The Bertz CT molecular complexity index is 1210. The molecule has 0 saturated carbocycles. The maximum absolute atomic E-state index is 12.9. The van der Waals surface area contributed by atoms with Gasteiger partial charge in [-0.1, -0.05) is 72.8 Å². The highest BCUT2D eigenvalue weighted by Gasteiger charge is 2.46. The Labute approximate surface area is 177 Å². The highest BCUT2D eigenvalue weighted by molar-refractivity contribution is 5.86. The van der Waals surface area contributed by atoms with Crippen LogP contribution in [0.15, 0.2) is 97.1 Å². The van der Waals surface area contributed by atoms with Crippen LogP contribution in [0.4, 0.5) is 13.2 Å². The first-order valence-corrected chi connectivity index (χ1v) is 9.75. The lowest BCUT2D eigenvalue weighted by molar-refractivity contribution is -0.274. The molecule has 0 atom stereocenters. The molecule has 0 radical (unpaired) electrons. The maximum atomic E-state index is 12.9. The van der Waals surface area contributed by atoms with Gasteiger partial charge in [-0.2, -0.15) is 0 Å². The van der Waals surface area contributed by atoms with Crippen molar-refractivity contribution in [2.45, 2.75) is 11.8 Å². The number of rotatable bonds is 3. The van der Waals surface area contributed by atoms with E-state index in [2.05, 4.69) is 4.74 Å². The van der Waals surface area contributed by atoms with Crippen LogP contribution >= 0.6 is 0 Å². The van der Waals surface area contributed by atoms with Crippen LogP contribution in [0, 0.1) is 0 Å². The van der Waals surface area contributed by atoms with Gasteiger partial charge in [-0.15, -0.1) is 13.2 Å². The van der Waals surface area contributed by atoms with Crippen LogP contribution < -0.4 is 4.74 Å². The lowest BCUT2D eigenvalue weighted by Crippen LogP contribution is -2.28. The standard InChI is InChI=1S/C26H17F3O2/c27-26(28,29)31-20-7-5-6-18(16-20)25(17-12-14-19(30)15-13-17)23-10-3-1-8-21(23)22-9-2-4-11-24(22)25/h1-16,30H. The van der Waals surface area contributed by atoms with Gasteiger partial charge in [-0.25, -0.2) is 0 Å². The summed E-state index contributed by atoms with van der Waals surface area (Å²) >= 11 is 0. The van der Waals surface area contributed by atoms with Gasteiger partial charge in [0.25, 0.3) is 0 Å².